The molecule has 2 aromatic heterocycles. The minimum Gasteiger partial charge on any atom is -0.354 e. The zero-order valence-corrected chi connectivity index (χ0v) is 13.5. The normalized spacial score (nSPS) is 13.9. The molecule has 0 atom stereocenters. The molecule has 21 heavy (non-hydrogen) atoms. The van der Waals surface area contributed by atoms with Gasteiger partial charge in [0.25, 0.3) is 0 Å². The van der Waals surface area contributed by atoms with Crippen LogP contribution in [0, 0.1) is 6.92 Å². The van der Waals surface area contributed by atoms with Crippen LogP contribution in [-0.2, 0) is 0 Å². The maximum absolute atomic E-state index is 4.69. The molecule has 0 saturated carbocycles. The van der Waals surface area contributed by atoms with E-state index in [2.05, 4.69) is 59.6 Å². The van der Waals surface area contributed by atoms with Crippen molar-refractivity contribution in [3.05, 3.63) is 33.6 Å². The predicted molar refractivity (Wildman–Crippen MR) is 91.0 cm³/mol. The van der Waals surface area contributed by atoms with E-state index in [9.17, 15) is 0 Å². The van der Waals surface area contributed by atoms with Crippen LogP contribution in [0.4, 0.5) is 11.8 Å². The lowest BCUT2D eigenvalue weighted by molar-refractivity contribution is 0.869. The Balaban J connectivity index is 2.09. The van der Waals surface area contributed by atoms with Crippen LogP contribution in [0.2, 0.25) is 0 Å². The van der Waals surface area contributed by atoms with Crippen molar-refractivity contribution in [3.8, 4) is 0 Å². The molecule has 1 aliphatic heterocycles. The van der Waals surface area contributed by atoms with Gasteiger partial charge in [-0.15, -0.1) is 11.3 Å². The van der Waals surface area contributed by atoms with E-state index >= 15 is 0 Å². The molecule has 0 amide bonds. The Morgan fingerprint density at radius 1 is 1.33 bits per heavy atom. The summed E-state index contributed by atoms with van der Waals surface area (Å²) in [5.41, 5.74) is 3.53. The first kappa shape index (κ1) is 14.1. The molecule has 0 spiro atoms. The van der Waals surface area contributed by atoms with Crippen LogP contribution >= 0.6 is 11.3 Å². The molecule has 3 heterocycles. The third-order valence-corrected chi connectivity index (χ3v) is 4.60. The fourth-order valence-corrected chi connectivity index (χ4v) is 3.32. The number of fused-ring (bicyclic) bond motifs is 1. The standard InChI is InChI=1S/C16H20N4S/c1-4-17-16-18-11(3)13-9-12(14-7-6-8-21-14)10-20(5-2)15(13)19-16/h6-9H,4-5,10H2,1-3H3,(H,17,18,19). The summed E-state index contributed by atoms with van der Waals surface area (Å²) in [4.78, 5) is 12.9. The maximum Gasteiger partial charge on any atom is 0.224 e. The number of thiophene rings is 1. The van der Waals surface area contributed by atoms with Crippen LogP contribution in [0.3, 0.4) is 0 Å². The first-order valence-electron chi connectivity index (χ1n) is 7.34. The first-order valence-corrected chi connectivity index (χ1v) is 8.22. The van der Waals surface area contributed by atoms with Gasteiger partial charge in [0.05, 0.1) is 5.69 Å². The van der Waals surface area contributed by atoms with Gasteiger partial charge in [0.1, 0.15) is 5.82 Å². The average Bonchev–Trinajstić information content (AvgIpc) is 3.01. The number of aryl methyl sites for hydroxylation is 1. The van der Waals surface area contributed by atoms with Gasteiger partial charge in [-0.2, -0.15) is 4.98 Å². The largest absolute Gasteiger partial charge is 0.354 e. The fourth-order valence-electron chi connectivity index (χ4n) is 2.59. The molecule has 0 saturated heterocycles. The molecule has 0 radical (unpaired) electrons. The maximum atomic E-state index is 4.69. The summed E-state index contributed by atoms with van der Waals surface area (Å²) in [7, 11) is 0. The van der Waals surface area contributed by atoms with Crippen LogP contribution in [0.1, 0.15) is 30.0 Å². The highest BCUT2D eigenvalue weighted by Gasteiger charge is 2.22. The zero-order chi connectivity index (χ0) is 14.8. The molecule has 0 fully saturated rings. The van der Waals surface area contributed by atoms with Gasteiger partial charge in [-0.1, -0.05) is 6.07 Å². The molecular formula is C16H20N4S. The van der Waals surface area contributed by atoms with Crippen molar-refractivity contribution >= 4 is 34.8 Å². The lowest BCUT2D eigenvalue weighted by atomic mass is 10.0. The van der Waals surface area contributed by atoms with Crippen molar-refractivity contribution in [3.63, 3.8) is 0 Å². The topological polar surface area (TPSA) is 41.1 Å². The smallest absolute Gasteiger partial charge is 0.224 e. The van der Waals surface area contributed by atoms with E-state index in [-0.39, 0.29) is 0 Å². The summed E-state index contributed by atoms with van der Waals surface area (Å²) in [6, 6.07) is 4.28. The van der Waals surface area contributed by atoms with Crippen molar-refractivity contribution in [2.75, 3.05) is 29.9 Å². The molecule has 110 valence electrons. The number of nitrogens with zero attached hydrogens (tertiary/aromatic N) is 3. The molecule has 0 unspecified atom stereocenters. The van der Waals surface area contributed by atoms with Gasteiger partial charge in [0, 0.05) is 30.1 Å². The number of hydrogen-bond acceptors (Lipinski definition) is 5. The van der Waals surface area contributed by atoms with E-state index in [1.54, 1.807) is 11.3 Å². The number of rotatable bonds is 4. The minimum absolute atomic E-state index is 0.722. The summed E-state index contributed by atoms with van der Waals surface area (Å²) < 4.78 is 0. The lowest BCUT2D eigenvalue weighted by Gasteiger charge is -2.29. The third kappa shape index (κ3) is 2.65. The monoisotopic (exact) mass is 300 g/mol. The minimum atomic E-state index is 0.722. The van der Waals surface area contributed by atoms with Crippen LogP contribution in [0.5, 0.6) is 0 Å². The van der Waals surface area contributed by atoms with Gasteiger partial charge in [-0.25, -0.2) is 4.98 Å². The van der Waals surface area contributed by atoms with Crippen molar-refractivity contribution < 1.29 is 0 Å². The van der Waals surface area contributed by atoms with Crippen LogP contribution < -0.4 is 10.2 Å². The molecule has 5 heteroatoms. The highest BCUT2D eigenvalue weighted by Crippen LogP contribution is 2.34. The molecule has 2 aromatic rings. The van der Waals surface area contributed by atoms with E-state index in [0.717, 1.165) is 42.7 Å². The number of nitrogens with one attached hydrogen (secondary N) is 1. The quantitative estimate of drug-likeness (QED) is 0.935. The van der Waals surface area contributed by atoms with Crippen molar-refractivity contribution in [1.29, 1.82) is 0 Å². The molecule has 0 aromatic carbocycles. The number of likely N-dealkylation sites (N-methyl/N-ethyl adjacent to an activating group) is 1. The average molecular weight is 300 g/mol. The molecular weight excluding hydrogens is 280 g/mol. The zero-order valence-electron chi connectivity index (χ0n) is 12.7. The van der Waals surface area contributed by atoms with Crippen molar-refractivity contribution in [2.24, 2.45) is 0 Å². The number of aromatic nitrogens is 2. The molecule has 1 N–H and O–H groups in total. The van der Waals surface area contributed by atoms with Gasteiger partial charge in [-0.05, 0) is 43.9 Å². The van der Waals surface area contributed by atoms with Crippen LogP contribution in [0.25, 0.3) is 11.6 Å². The van der Waals surface area contributed by atoms with E-state index < -0.39 is 0 Å². The second kappa shape index (κ2) is 5.85. The second-order valence-electron chi connectivity index (χ2n) is 5.06. The van der Waals surface area contributed by atoms with Crippen LogP contribution in [0.15, 0.2) is 17.5 Å². The molecule has 0 bridgehead atoms. The van der Waals surface area contributed by atoms with Crippen molar-refractivity contribution in [2.45, 2.75) is 20.8 Å². The van der Waals surface area contributed by atoms with Gasteiger partial charge < -0.3 is 10.2 Å². The Labute approximate surface area is 129 Å². The van der Waals surface area contributed by atoms with Gasteiger partial charge in [0.2, 0.25) is 5.95 Å². The fraction of sp³-hybridized carbons (Fsp3) is 0.375. The summed E-state index contributed by atoms with van der Waals surface area (Å²) in [6.07, 6.45) is 2.25. The molecule has 3 rings (SSSR count). The van der Waals surface area contributed by atoms with E-state index in [4.69, 9.17) is 4.98 Å². The SMILES string of the molecule is CCNc1nc(C)c2c(n1)N(CC)CC(c1cccs1)=C2. The van der Waals surface area contributed by atoms with Crippen molar-refractivity contribution in [1.82, 2.24) is 9.97 Å². The summed E-state index contributed by atoms with van der Waals surface area (Å²) in [6.45, 7) is 8.98. The highest BCUT2D eigenvalue weighted by atomic mass is 32.1. The van der Waals surface area contributed by atoms with Gasteiger partial charge in [0.15, 0.2) is 0 Å². The van der Waals surface area contributed by atoms with Gasteiger partial charge in [-0.3, -0.25) is 0 Å². The van der Waals surface area contributed by atoms with Gasteiger partial charge >= 0.3 is 0 Å². The highest BCUT2D eigenvalue weighted by molar-refractivity contribution is 7.11. The van der Waals surface area contributed by atoms with E-state index in [1.165, 1.54) is 10.5 Å². The Morgan fingerprint density at radius 3 is 2.86 bits per heavy atom. The predicted octanol–water partition coefficient (Wildman–Crippen LogP) is 3.66. The number of hydrogen-bond donors (Lipinski definition) is 1. The Hall–Kier alpha value is -1.88. The summed E-state index contributed by atoms with van der Waals surface area (Å²) in [5, 5.41) is 5.34. The van der Waals surface area contributed by atoms with E-state index in [1.807, 2.05) is 0 Å². The summed E-state index contributed by atoms with van der Waals surface area (Å²) in [5.74, 6) is 1.77. The molecule has 0 aliphatic carbocycles. The number of anilines is 2. The molecule has 4 nitrogen and oxygen atoms in total. The lowest BCUT2D eigenvalue weighted by Crippen LogP contribution is -2.29. The Kier molecular flexibility index (Phi) is 3.92. The Morgan fingerprint density at radius 2 is 2.19 bits per heavy atom. The summed E-state index contributed by atoms with van der Waals surface area (Å²) >= 11 is 1.79. The van der Waals surface area contributed by atoms with Crippen LogP contribution in [-0.4, -0.2) is 29.6 Å². The molecule has 1 aliphatic rings. The first-order chi connectivity index (χ1) is 10.2. The Bertz CT molecular complexity index is 661. The van der Waals surface area contributed by atoms with E-state index in [0.29, 0.717) is 0 Å². The third-order valence-electron chi connectivity index (χ3n) is 3.65. The second-order valence-corrected chi connectivity index (χ2v) is 6.01.